The molecule has 4 heterocycles. The Bertz CT molecular complexity index is 1010. The van der Waals surface area contributed by atoms with Crippen LogP contribution in [0.15, 0.2) is 16.3 Å². The second-order valence-electron chi connectivity index (χ2n) is 6.95. The standard InChI is InChI=1S/C17H20ClN3O5S3/c1-10(16(22)20-4-6-26-7-5-20)21-3-2-11(17(21)23)19-29(24,25)15-9-13-12(28-15)8-14(18)27-13/h8-11,19H,2-7H2,1H3/t10-,11-/m0/s1. The van der Waals surface area contributed by atoms with Gasteiger partial charge >= 0.3 is 0 Å². The van der Waals surface area contributed by atoms with E-state index in [1.54, 1.807) is 24.0 Å². The van der Waals surface area contributed by atoms with E-state index >= 15 is 0 Å². The number of ether oxygens (including phenoxy) is 1. The van der Waals surface area contributed by atoms with E-state index in [4.69, 9.17) is 16.3 Å². The average molecular weight is 478 g/mol. The molecule has 2 amide bonds. The Kier molecular flexibility index (Phi) is 5.88. The maximum atomic E-state index is 12.8. The minimum Gasteiger partial charge on any atom is -0.378 e. The van der Waals surface area contributed by atoms with Crippen molar-refractivity contribution in [3.05, 3.63) is 16.5 Å². The van der Waals surface area contributed by atoms with Gasteiger partial charge in [0.1, 0.15) is 16.3 Å². The Morgan fingerprint density at radius 1 is 1.24 bits per heavy atom. The van der Waals surface area contributed by atoms with E-state index in [0.717, 1.165) is 20.7 Å². The van der Waals surface area contributed by atoms with Crippen molar-refractivity contribution in [2.75, 3.05) is 32.8 Å². The number of nitrogens with one attached hydrogen (secondary N) is 1. The van der Waals surface area contributed by atoms with Crippen LogP contribution in [0.25, 0.3) is 9.40 Å². The number of carbonyl (C=O) groups is 2. The summed E-state index contributed by atoms with van der Waals surface area (Å²) in [5, 5.41) is 0. The Balaban J connectivity index is 1.43. The second kappa shape index (κ2) is 8.12. The zero-order chi connectivity index (χ0) is 20.8. The SMILES string of the molecule is C[C@@H](C(=O)N1CCOCC1)N1CC[C@H](NS(=O)(=O)c2cc3sc(Cl)cc3s2)C1=O. The molecule has 2 aromatic heterocycles. The van der Waals surface area contributed by atoms with E-state index in [1.807, 2.05) is 0 Å². The number of sulfonamides is 1. The third-order valence-corrected chi connectivity index (χ3v) is 9.47. The van der Waals surface area contributed by atoms with Gasteiger partial charge in [0.25, 0.3) is 10.0 Å². The summed E-state index contributed by atoms with van der Waals surface area (Å²) in [7, 11) is -3.84. The van der Waals surface area contributed by atoms with Gasteiger partial charge in [-0.1, -0.05) is 11.6 Å². The fourth-order valence-corrected chi connectivity index (χ4v) is 7.72. The first-order chi connectivity index (χ1) is 13.8. The molecular formula is C17H20ClN3O5S3. The number of hydrogen-bond acceptors (Lipinski definition) is 7. The van der Waals surface area contributed by atoms with Gasteiger partial charge < -0.3 is 14.5 Å². The number of fused-ring (bicyclic) bond motifs is 1. The Morgan fingerprint density at radius 3 is 2.62 bits per heavy atom. The first-order valence-electron chi connectivity index (χ1n) is 9.14. The number of halogens is 1. The van der Waals surface area contributed by atoms with Crippen LogP contribution in [0, 0.1) is 0 Å². The van der Waals surface area contributed by atoms with Crippen LogP contribution in [0.2, 0.25) is 4.34 Å². The zero-order valence-electron chi connectivity index (χ0n) is 15.6. The van der Waals surface area contributed by atoms with Crippen molar-refractivity contribution in [3.8, 4) is 0 Å². The number of amides is 2. The van der Waals surface area contributed by atoms with Gasteiger partial charge in [0, 0.05) is 29.0 Å². The lowest BCUT2D eigenvalue weighted by atomic mass is 10.2. The molecule has 0 radical (unpaired) electrons. The lowest BCUT2D eigenvalue weighted by Gasteiger charge is -2.32. The Morgan fingerprint density at radius 2 is 1.93 bits per heavy atom. The number of hydrogen-bond donors (Lipinski definition) is 1. The molecule has 0 aliphatic carbocycles. The molecular weight excluding hydrogens is 458 g/mol. The molecule has 12 heteroatoms. The van der Waals surface area contributed by atoms with Crippen LogP contribution in [-0.2, 0) is 24.3 Å². The van der Waals surface area contributed by atoms with Crippen molar-refractivity contribution >= 4 is 65.5 Å². The predicted octanol–water partition coefficient (Wildman–Crippen LogP) is 1.74. The van der Waals surface area contributed by atoms with Gasteiger partial charge in [-0.2, -0.15) is 4.72 Å². The monoisotopic (exact) mass is 477 g/mol. The summed E-state index contributed by atoms with van der Waals surface area (Å²) >= 11 is 8.38. The van der Waals surface area contributed by atoms with E-state index in [9.17, 15) is 18.0 Å². The zero-order valence-corrected chi connectivity index (χ0v) is 18.8. The van der Waals surface area contributed by atoms with Crippen LogP contribution in [0.4, 0.5) is 0 Å². The Labute approximate surface area is 181 Å². The van der Waals surface area contributed by atoms with Crippen LogP contribution in [0.3, 0.4) is 0 Å². The fraction of sp³-hybridized carbons (Fsp3) is 0.529. The second-order valence-corrected chi connectivity index (χ2v) is 11.7. The number of carbonyl (C=O) groups excluding carboxylic acids is 2. The molecule has 0 spiro atoms. The number of thiophene rings is 2. The number of rotatable bonds is 5. The summed E-state index contributed by atoms with van der Waals surface area (Å²) in [6, 6.07) is 1.79. The van der Waals surface area contributed by atoms with Crippen LogP contribution in [0.5, 0.6) is 0 Å². The molecule has 2 saturated heterocycles. The lowest BCUT2D eigenvalue weighted by Crippen LogP contribution is -2.52. The van der Waals surface area contributed by atoms with Gasteiger partial charge in [-0.3, -0.25) is 9.59 Å². The smallest absolute Gasteiger partial charge is 0.250 e. The molecule has 158 valence electrons. The third-order valence-electron chi connectivity index (χ3n) is 5.10. The maximum absolute atomic E-state index is 12.8. The van der Waals surface area contributed by atoms with E-state index in [-0.39, 0.29) is 16.0 Å². The van der Waals surface area contributed by atoms with Gasteiger partial charge in [0.05, 0.1) is 17.6 Å². The maximum Gasteiger partial charge on any atom is 0.250 e. The quantitative estimate of drug-likeness (QED) is 0.707. The molecule has 0 unspecified atom stereocenters. The molecule has 0 saturated carbocycles. The van der Waals surface area contributed by atoms with E-state index in [2.05, 4.69) is 4.72 Å². The fourth-order valence-electron chi connectivity index (χ4n) is 3.54. The highest BCUT2D eigenvalue weighted by atomic mass is 35.5. The lowest BCUT2D eigenvalue weighted by molar-refractivity contribution is -0.146. The molecule has 2 atom stereocenters. The van der Waals surface area contributed by atoms with Crippen LogP contribution < -0.4 is 4.72 Å². The summed E-state index contributed by atoms with van der Waals surface area (Å²) in [5.41, 5.74) is 0. The van der Waals surface area contributed by atoms with Crippen LogP contribution in [0.1, 0.15) is 13.3 Å². The summed E-state index contributed by atoms with van der Waals surface area (Å²) in [4.78, 5) is 28.6. The van der Waals surface area contributed by atoms with Gasteiger partial charge in [-0.15, -0.1) is 22.7 Å². The van der Waals surface area contributed by atoms with Crippen molar-refractivity contribution in [1.82, 2.24) is 14.5 Å². The van der Waals surface area contributed by atoms with Crippen molar-refractivity contribution in [2.45, 2.75) is 29.6 Å². The normalized spacial score (nSPS) is 21.9. The summed E-state index contributed by atoms with van der Waals surface area (Å²) < 4.78 is 35.6. The molecule has 1 N–H and O–H groups in total. The number of likely N-dealkylation sites (tertiary alicyclic amines) is 1. The number of nitrogens with zero attached hydrogens (tertiary/aromatic N) is 2. The van der Waals surface area contributed by atoms with E-state index < -0.39 is 22.1 Å². The minimum atomic E-state index is -3.84. The highest BCUT2D eigenvalue weighted by Gasteiger charge is 2.40. The first kappa shape index (κ1) is 21.0. The molecule has 0 aromatic carbocycles. The largest absolute Gasteiger partial charge is 0.378 e. The van der Waals surface area contributed by atoms with Crippen molar-refractivity contribution in [2.24, 2.45) is 0 Å². The molecule has 2 aliphatic heterocycles. The van der Waals surface area contributed by atoms with Crippen LogP contribution >= 0.6 is 34.3 Å². The topological polar surface area (TPSA) is 96.0 Å². The summed E-state index contributed by atoms with van der Waals surface area (Å²) in [6.45, 7) is 3.99. The minimum absolute atomic E-state index is 0.138. The van der Waals surface area contributed by atoms with E-state index in [0.29, 0.717) is 43.6 Å². The molecule has 29 heavy (non-hydrogen) atoms. The molecule has 2 fully saturated rings. The highest BCUT2D eigenvalue weighted by Crippen LogP contribution is 2.37. The number of morpholine rings is 1. The van der Waals surface area contributed by atoms with Crippen molar-refractivity contribution in [1.29, 1.82) is 0 Å². The third kappa shape index (κ3) is 4.17. The van der Waals surface area contributed by atoms with Gasteiger partial charge in [-0.05, 0) is 25.5 Å². The molecule has 2 aliphatic rings. The predicted molar refractivity (Wildman–Crippen MR) is 112 cm³/mol. The van der Waals surface area contributed by atoms with Crippen molar-refractivity contribution < 1.29 is 22.7 Å². The summed E-state index contributed by atoms with van der Waals surface area (Å²) in [6.07, 6.45) is 0.324. The summed E-state index contributed by atoms with van der Waals surface area (Å²) in [5.74, 6) is -0.510. The Hall–Kier alpha value is -1.24. The highest BCUT2D eigenvalue weighted by molar-refractivity contribution is 7.91. The van der Waals surface area contributed by atoms with E-state index in [1.165, 1.54) is 16.2 Å². The first-order valence-corrected chi connectivity index (χ1v) is 12.6. The van der Waals surface area contributed by atoms with Gasteiger partial charge in [0.2, 0.25) is 11.8 Å². The van der Waals surface area contributed by atoms with Crippen molar-refractivity contribution in [3.63, 3.8) is 0 Å². The van der Waals surface area contributed by atoms with Crippen LogP contribution in [-0.4, -0.2) is 75.0 Å². The molecule has 8 nitrogen and oxygen atoms in total. The average Bonchev–Trinajstić information content (AvgIpc) is 3.35. The molecule has 4 rings (SSSR count). The van der Waals surface area contributed by atoms with Gasteiger partial charge in [-0.25, -0.2) is 8.42 Å². The van der Waals surface area contributed by atoms with Gasteiger partial charge in [0.15, 0.2) is 0 Å². The molecule has 2 aromatic rings. The molecule has 0 bridgehead atoms.